The van der Waals surface area contributed by atoms with Gasteiger partial charge in [0.25, 0.3) is 0 Å². The van der Waals surface area contributed by atoms with Crippen molar-refractivity contribution in [3.8, 4) is 0 Å². The van der Waals surface area contributed by atoms with E-state index in [-0.39, 0.29) is 11.6 Å². The third kappa shape index (κ3) is 4.92. The number of carbonyl (C=O) groups excluding carboxylic acids is 2. The van der Waals surface area contributed by atoms with Crippen LogP contribution in [0.1, 0.15) is 82.7 Å². The molecule has 0 N–H and O–H groups in total. The van der Waals surface area contributed by atoms with Crippen LogP contribution in [0.3, 0.4) is 0 Å². The van der Waals surface area contributed by atoms with Crippen molar-refractivity contribution in [3.63, 3.8) is 0 Å². The minimum absolute atomic E-state index is 0.143. The number of benzene rings is 5. The van der Waals surface area contributed by atoms with Crippen LogP contribution in [0.4, 0.5) is 0 Å². The average Bonchev–Trinajstić information content (AvgIpc) is 3.63. The molecule has 0 aliphatic heterocycles. The van der Waals surface area contributed by atoms with Crippen molar-refractivity contribution in [3.05, 3.63) is 140 Å². The van der Waals surface area contributed by atoms with E-state index in [9.17, 15) is 19.4 Å². The number of nitrogens with zero attached hydrogens (tertiary/aromatic N) is 4. The van der Waals surface area contributed by atoms with Gasteiger partial charge in [0.15, 0.2) is 11.6 Å². The first-order valence-corrected chi connectivity index (χ1v) is 16.2. The fourth-order valence-electron chi connectivity index (χ4n) is 6.95. The third-order valence-corrected chi connectivity index (χ3v) is 9.62. The Morgan fingerprint density at radius 1 is 0.500 bits per heavy atom. The number of nitroso groups, excluding NO2 is 2. The van der Waals surface area contributed by atoms with Crippen LogP contribution in [0.5, 0.6) is 0 Å². The molecule has 0 aliphatic rings. The van der Waals surface area contributed by atoms with E-state index in [1.165, 1.54) is 0 Å². The standard InChI is InChI=1S/C40H34N4O4/c1-5-43-35-15-11-27(23(3)41-47)19-31(35)33-21-29(13-17-37(33)43)39(45)25-7-9-26(10-8-25)40(46)30-14-18-38-34(22-30)32-20-28(24(4)42-48)12-16-36(32)44(38)6-2/h7-24H,5-6H2,1-4H3. The number of carbonyl (C=O) groups is 2. The molecule has 0 saturated carbocycles. The summed E-state index contributed by atoms with van der Waals surface area (Å²) in [6.45, 7) is 9.21. The smallest absolute Gasteiger partial charge is 0.193 e. The predicted molar refractivity (Wildman–Crippen MR) is 192 cm³/mol. The molecule has 0 bridgehead atoms. The Kier molecular flexibility index (Phi) is 7.79. The number of hydrogen-bond acceptors (Lipinski definition) is 6. The van der Waals surface area contributed by atoms with E-state index in [1.807, 2.05) is 72.8 Å². The highest BCUT2D eigenvalue weighted by molar-refractivity contribution is 6.17. The van der Waals surface area contributed by atoms with E-state index in [0.717, 1.165) is 67.8 Å². The molecule has 7 aromatic rings. The lowest BCUT2D eigenvalue weighted by molar-refractivity contribution is 0.102. The molecule has 2 heterocycles. The van der Waals surface area contributed by atoms with Gasteiger partial charge in [-0.05, 0) is 99.5 Å². The van der Waals surface area contributed by atoms with Gasteiger partial charge in [-0.2, -0.15) is 9.81 Å². The molecular formula is C40H34N4O4. The Bertz CT molecular complexity index is 2260. The molecule has 2 atom stereocenters. The third-order valence-electron chi connectivity index (χ3n) is 9.62. The summed E-state index contributed by atoms with van der Waals surface area (Å²) in [5, 5.41) is 10.2. The van der Waals surface area contributed by atoms with Gasteiger partial charge in [0.1, 0.15) is 12.1 Å². The molecule has 8 heteroatoms. The molecule has 0 fully saturated rings. The lowest BCUT2D eigenvalue weighted by Gasteiger charge is -2.07. The van der Waals surface area contributed by atoms with Crippen LogP contribution in [0.2, 0.25) is 0 Å². The number of aromatic nitrogens is 2. The second-order valence-corrected chi connectivity index (χ2v) is 12.3. The summed E-state index contributed by atoms with van der Waals surface area (Å²) in [6.07, 6.45) is 0. The molecule has 8 nitrogen and oxygen atoms in total. The van der Waals surface area contributed by atoms with Gasteiger partial charge in [0, 0.05) is 79.0 Å². The van der Waals surface area contributed by atoms with Crippen molar-refractivity contribution < 1.29 is 9.59 Å². The molecule has 0 saturated heterocycles. The van der Waals surface area contributed by atoms with Crippen LogP contribution in [-0.4, -0.2) is 20.7 Å². The van der Waals surface area contributed by atoms with Crippen LogP contribution in [0.15, 0.2) is 107 Å². The van der Waals surface area contributed by atoms with Crippen LogP contribution >= 0.6 is 0 Å². The zero-order valence-electron chi connectivity index (χ0n) is 27.2. The zero-order valence-corrected chi connectivity index (χ0v) is 27.2. The summed E-state index contributed by atoms with van der Waals surface area (Å²) in [5.74, 6) is -0.285. The molecule has 48 heavy (non-hydrogen) atoms. The highest BCUT2D eigenvalue weighted by atomic mass is 16.3. The Morgan fingerprint density at radius 3 is 1.15 bits per heavy atom. The van der Waals surface area contributed by atoms with Crippen molar-refractivity contribution >= 4 is 55.2 Å². The van der Waals surface area contributed by atoms with E-state index in [0.29, 0.717) is 22.3 Å². The molecule has 5 aromatic carbocycles. The van der Waals surface area contributed by atoms with Gasteiger partial charge in [-0.25, -0.2) is 0 Å². The van der Waals surface area contributed by atoms with Gasteiger partial charge < -0.3 is 9.13 Å². The van der Waals surface area contributed by atoms with Crippen molar-refractivity contribution in [2.75, 3.05) is 0 Å². The molecule has 0 aliphatic carbocycles. The van der Waals surface area contributed by atoms with Crippen molar-refractivity contribution in [1.29, 1.82) is 0 Å². The number of hydrogen-bond donors (Lipinski definition) is 0. The highest BCUT2D eigenvalue weighted by Crippen LogP contribution is 2.35. The van der Waals surface area contributed by atoms with Gasteiger partial charge in [0.2, 0.25) is 0 Å². The van der Waals surface area contributed by atoms with Gasteiger partial charge in [-0.1, -0.05) is 46.8 Å². The first kappa shape index (κ1) is 30.9. The van der Waals surface area contributed by atoms with E-state index < -0.39 is 12.1 Å². The monoisotopic (exact) mass is 634 g/mol. The molecule has 7 rings (SSSR count). The highest BCUT2D eigenvalue weighted by Gasteiger charge is 2.19. The molecule has 238 valence electrons. The van der Waals surface area contributed by atoms with Crippen molar-refractivity contribution in [1.82, 2.24) is 9.13 Å². The molecule has 0 amide bonds. The number of ketones is 2. The van der Waals surface area contributed by atoms with Crippen LogP contribution in [-0.2, 0) is 13.1 Å². The van der Waals surface area contributed by atoms with Gasteiger partial charge >= 0.3 is 0 Å². The minimum Gasteiger partial charge on any atom is -0.341 e. The SMILES string of the molecule is CCn1c2ccc(C(=O)c3ccc(C(=O)c4ccc5c(c4)c4cc(C(C)N=O)ccc4n5CC)cc3)cc2c2cc(C(C)N=O)ccc21. The number of fused-ring (bicyclic) bond motifs is 6. The Labute approximate surface area is 276 Å². The minimum atomic E-state index is -0.471. The van der Waals surface area contributed by atoms with Gasteiger partial charge in [-0.3, -0.25) is 9.59 Å². The largest absolute Gasteiger partial charge is 0.341 e. The summed E-state index contributed by atoms with van der Waals surface area (Å²) in [5.41, 5.74) is 7.80. The Morgan fingerprint density at radius 2 is 0.812 bits per heavy atom. The quantitative estimate of drug-likeness (QED) is 0.110. The molecule has 2 unspecified atom stereocenters. The maximum Gasteiger partial charge on any atom is 0.193 e. The molecular weight excluding hydrogens is 600 g/mol. The summed E-state index contributed by atoms with van der Waals surface area (Å²) in [7, 11) is 0. The number of rotatable bonds is 10. The van der Waals surface area contributed by atoms with Crippen molar-refractivity contribution in [2.45, 2.75) is 52.9 Å². The van der Waals surface area contributed by atoms with E-state index >= 15 is 0 Å². The van der Waals surface area contributed by atoms with E-state index in [1.54, 1.807) is 38.1 Å². The maximum atomic E-state index is 13.7. The first-order valence-electron chi connectivity index (χ1n) is 16.2. The predicted octanol–water partition coefficient (Wildman–Crippen LogP) is 10.1. The van der Waals surface area contributed by atoms with Crippen molar-refractivity contribution in [2.24, 2.45) is 10.4 Å². The lowest BCUT2D eigenvalue weighted by Crippen LogP contribution is -2.05. The van der Waals surface area contributed by atoms with E-state index in [4.69, 9.17) is 0 Å². The van der Waals surface area contributed by atoms with Crippen LogP contribution in [0.25, 0.3) is 43.6 Å². The fraction of sp³-hybridized carbons (Fsp3) is 0.200. The summed E-state index contributed by atoms with van der Waals surface area (Å²) in [6, 6.07) is 29.2. The normalized spacial score (nSPS) is 12.9. The van der Waals surface area contributed by atoms with Gasteiger partial charge in [0.05, 0.1) is 0 Å². The van der Waals surface area contributed by atoms with Gasteiger partial charge in [-0.15, -0.1) is 0 Å². The maximum absolute atomic E-state index is 13.7. The average molecular weight is 635 g/mol. The number of aryl methyl sites for hydroxylation is 2. The Balaban J connectivity index is 1.21. The first-order chi connectivity index (χ1) is 23.3. The second kappa shape index (κ2) is 12.1. The van der Waals surface area contributed by atoms with Crippen LogP contribution < -0.4 is 0 Å². The molecule has 0 radical (unpaired) electrons. The topological polar surface area (TPSA) is 103 Å². The fourth-order valence-corrected chi connectivity index (χ4v) is 6.95. The second-order valence-electron chi connectivity index (χ2n) is 12.3. The van der Waals surface area contributed by atoms with E-state index in [2.05, 4.69) is 33.3 Å². The molecule has 2 aromatic heterocycles. The zero-order chi connectivity index (χ0) is 33.7. The summed E-state index contributed by atoms with van der Waals surface area (Å²) in [4.78, 5) is 49.9. The Hall–Kier alpha value is -5.76. The lowest BCUT2D eigenvalue weighted by atomic mass is 9.96. The summed E-state index contributed by atoms with van der Waals surface area (Å²) >= 11 is 0. The van der Waals surface area contributed by atoms with Crippen LogP contribution in [0, 0.1) is 9.81 Å². The summed E-state index contributed by atoms with van der Waals surface area (Å²) < 4.78 is 4.39. The molecule has 0 spiro atoms.